The molecule has 0 saturated heterocycles. The summed E-state index contributed by atoms with van der Waals surface area (Å²) in [7, 11) is 1.79. The first-order chi connectivity index (χ1) is 12.2. The maximum absolute atomic E-state index is 12.8. The molecule has 3 saturated carbocycles. The summed E-state index contributed by atoms with van der Waals surface area (Å²) in [5, 5.41) is 3.15. The number of hydrogen-bond acceptors (Lipinski definition) is 2. The monoisotopic (exact) mass is 354 g/mol. The highest BCUT2D eigenvalue weighted by molar-refractivity contribution is 6.09. The smallest absolute Gasteiger partial charge is 0.237 e. The van der Waals surface area contributed by atoms with Crippen LogP contribution in [0.1, 0.15) is 52.0 Å². The van der Waals surface area contributed by atoms with Crippen LogP contribution in [-0.2, 0) is 15.0 Å². The summed E-state index contributed by atoms with van der Waals surface area (Å²) in [6.45, 7) is 7.41. The Morgan fingerprint density at radius 3 is 2.65 bits per heavy atom. The van der Waals surface area contributed by atoms with Crippen LogP contribution >= 0.6 is 0 Å². The SMILES string of the molecule is CN1C(=O)[C@@](C)(CC(=O)NC[C@@H]2CC[C@H]3C[C@@H]2C3(C)C)c2ccccc21. The van der Waals surface area contributed by atoms with E-state index in [9.17, 15) is 9.59 Å². The lowest BCUT2D eigenvalue weighted by Gasteiger charge is -2.60. The molecule has 2 bridgehead atoms. The molecule has 0 spiro atoms. The fraction of sp³-hybridized carbons (Fsp3) is 0.636. The Bertz CT molecular complexity index is 754. The minimum absolute atomic E-state index is 0.00878. The number of benzene rings is 1. The Labute approximate surface area is 156 Å². The average molecular weight is 354 g/mol. The first-order valence-electron chi connectivity index (χ1n) is 9.89. The third kappa shape index (κ3) is 2.41. The van der Waals surface area contributed by atoms with Crippen molar-refractivity contribution < 1.29 is 9.59 Å². The molecule has 0 radical (unpaired) electrons. The number of nitrogens with one attached hydrogen (secondary N) is 1. The quantitative estimate of drug-likeness (QED) is 0.900. The highest BCUT2D eigenvalue weighted by atomic mass is 16.2. The topological polar surface area (TPSA) is 49.4 Å². The van der Waals surface area contributed by atoms with Crippen LogP contribution in [0.15, 0.2) is 24.3 Å². The molecule has 4 nitrogen and oxygen atoms in total. The van der Waals surface area contributed by atoms with Crippen molar-refractivity contribution in [2.75, 3.05) is 18.5 Å². The Balaban J connectivity index is 1.42. The lowest BCUT2D eigenvalue weighted by atomic mass is 9.45. The zero-order chi connectivity index (χ0) is 18.7. The van der Waals surface area contributed by atoms with Gasteiger partial charge in [0.05, 0.1) is 5.41 Å². The molecule has 4 atom stereocenters. The van der Waals surface area contributed by atoms with Gasteiger partial charge in [-0.1, -0.05) is 32.0 Å². The fourth-order valence-corrected chi connectivity index (χ4v) is 5.83. The van der Waals surface area contributed by atoms with Gasteiger partial charge in [0.1, 0.15) is 0 Å². The zero-order valence-corrected chi connectivity index (χ0v) is 16.3. The summed E-state index contributed by atoms with van der Waals surface area (Å²) >= 11 is 0. The van der Waals surface area contributed by atoms with Gasteiger partial charge in [-0.3, -0.25) is 9.59 Å². The number of likely N-dealkylation sites (N-methyl/N-ethyl adjacent to an activating group) is 1. The minimum Gasteiger partial charge on any atom is -0.356 e. The lowest BCUT2D eigenvalue weighted by molar-refractivity contribution is -0.130. The van der Waals surface area contributed by atoms with Crippen LogP contribution in [0.3, 0.4) is 0 Å². The molecule has 3 aliphatic carbocycles. The van der Waals surface area contributed by atoms with E-state index in [2.05, 4.69) is 19.2 Å². The molecule has 1 aromatic rings. The highest BCUT2D eigenvalue weighted by Crippen LogP contribution is 2.61. The summed E-state index contributed by atoms with van der Waals surface area (Å²) in [5.41, 5.74) is 1.55. The molecule has 1 N–H and O–H groups in total. The van der Waals surface area contributed by atoms with E-state index in [1.807, 2.05) is 31.2 Å². The van der Waals surface area contributed by atoms with Gasteiger partial charge in [0.25, 0.3) is 0 Å². The second-order valence-electron chi connectivity index (χ2n) is 9.39. The summed E-state index contributed by atoms with van der Waals surface area (Å²) in [6, 6.07) is 7.80. The molecule has 1 aromatic carbocycles. The molecule has 26 heavy (non-hydrogen) atoms. The number of amides is 2. The Hall–Kier alpha value is -1.84. The van der Waals surface area contributed by atoms with E-state index in [1.54, 1.807) is 11.9 Å². The third-order valence-electron chi connectivity index (χ3n) is 7.71. The maximum Gasteiger partial charge on any atom is 0.237 e. The molecule has 1 heterocycles. The molecule has 0 aromatic heterocycles. The standard InChI is InChI=1S/C22H30N2O2/c1-21(2)15-10-9-14(17(21)11-15)13-23-19(25)12-22(3)16-7-5-6-8-18(16)24(4)20(22)26/h5-8,14-15,17H,9-13H2,1-4H3,(H,23,25)/t14-,15-,17-,22-/m0/s1. The second kappa shape index (κ2) is 5.83. The van der Waals surface area contributed by atoms with Crippen molar-refractivity contribution in [3.05, 3.63) is 29.8 Å². The van der Waals surface area contributed by atoms with Gasteiger partial charge in [-0.2, -0.15) is 0 Å². The number of anilines is 1. The Kier molecular flexibility index (Phi) is 3.94. The predicted molar refractivity (Wildman–Crippen MR) is 103 cm³/mol. The van der Waals surface area contributed by atoms with Gasteiger partial charge in [0.2, 0.25) is 11.8 Å². The predicted octanol–water partition coefficient (Wildman–Crippen LogP) is 3.50. The van der Waals surface area contributed by atoms with Crippen molar-refractivity contribution in [2.45, 2.75) is 51.9 Å². The molecule has 4 aliphatic rings. The van der Waals surface area contributed by atoms with E-state index in [4.69, 9.17) is 0 Å². The molecule has 140 valence electrons. The lowest BCUT2D eigenvalue weighted by Crippen LogP contribution is -2.54. The number of carbonyl (C=O) groups is 2. The minimum atomic E-state index is -0.761. The Morgan fingerprint density at radius 2 is 1.96 bits per heavy atom. The average Bonchev–Trinajstić information content (AvgIpc) is 2.82. The number of hydrogen-bond donors (Lipinski definition) is 1. The van der Waals surface area contributed by atoms with Gasteiger partial charge in [0.15, 0.2) is 0 Å². The number of para-hydroxylation sites is 1. The van der Waals surface area contributed by atoms with E-state index in [0.717, 1.165) is 29.6 Å². The van der Waals surface area contributed by atoms with E-state index >= 15 is 0 Å². The Morgan fingerprint density at radius 1 is 1.23 bits per heavy atom. The van der Waals surface area contributed by atoms with Crippen LogP contribution < -0.4 is 10.2 Å². The van der Waals surface area contributed by atoms with Gasteiger partial charge in [-0.05, 0) is 61.0 Å². The van der Waals surface area contributed by atoms with Crippen LogP contribution in [0.5, 0.6) is 0 Å². The number of nitrogens with zero attached hydrogens (tertiary/aromatic N) is 1. The van der Waals surface area contributed by atoms with Crippen LogP contribution in [0, 0.1) is 23.2 Å². The van der Waals surface area contributed by atoms with Crippen molar-refractivity contribution in [3.8, 4) is 0 Å². The number of carbonyl (C=O) groups excluding carboxylic acids is 2. The van der Waals surface area contributed by atoms with Crippen molar-refractivity contribution >= 4 is 17.5 Å². The molecule has 4 heteroatoms. The van der Waals surface area contributed by atoms with Crippen LogP contribution in [0.2, 0.25) is 0 Å². The maximum atomic E-state index is 12.8. The van der Waals surface area contributed by atoms with Crippen molar-refractivity contribution in [3.63, 3.8) is 0 Å². The van der Waals surface area contributed by atoms with Gasteiger partial charge in [-0.15, -0.1) is 0 Å². The van der Waals surface area contributed by atoms with E-state index < -0.39 is 5.41 Å². The van der Waals surface area contributed by atoms with E-state index in [1.165, 1.54) is 19.3 Å². The summed E-state index contributed by atoms with van der Waals surface area (Å²) in [6.07, 6.45) is 4.05. The normalized spacial score (nSPS) is 34.2. The molecule has 1 aliphatic heterocycles. The molecule has 3 fully saturated rings. The molecular weight excluding hydrogens is 324 g/mol. The largest absolute Gasteiger partial charge is 0.356 e. The van der Waals surface area contributed by atoms with Gasteiger partial charge >= 0.3 is 0 Å². The fourth-order valence-electron chi connectivity index (χ4n) is 5.83. The zero-order valence-electron chi connectivity index (χ0n) is 16.3. The second-order valence-corrected chi connectivity index (χ2v) is 9.39. The van der Waals surface area contributed by atoms with Crippen molar-refractivity contribution in [2.24, 2.45) is 23.2 Å². The third-order valence-corrected chi connectivity index (χ3v) is 7.71. The van der Waals surface area contributed by atoms with Gasteiger partial charge in [-0.25, -0.2) is 0 Å². The summed E-state index contributed by atoms with van der Waals surface area (Å²) < 4.78 is 0. The van der Waals surface area contributed by atoms with E-state index in [0.29, 0.717) is 11.3 Å². The first kappa shape index (κ1) is 17.6. The summed E-state index contributed by atoms with van der Waals surface area (Å²) in [4.78, 5) is 27.2. The van der Waals surface area contributed by atoms with Crippen LogP contribution in [0.4, 0.5) is 5.69 Å². The van der Waals surface area contributed by atoms with Crippen molar-refractivity contribution in [1.29, 1.82) is 0 Å². The van der Waals surface area contributed by atoms with Crippen molar-refractivity contribution in [1.82, 2.24) is 5.32 Å². The molecule has 2 amide bonds. The van der Waals surface area contributed by atoms with Crippen LogP contribution in [-0.4, -0.2) is 25.4 Å². The molecule has 0 unspecified atom stereocenters. The van der Waals surface area contributed by atoms with Crippen LogP contribution in [0.25, 0.3) is 0 Å². The van der Waals surface area contributed by atoms with Gasteiger partial charge < -0.3 is 10.2 Å². The number of rotatable bonds is 4. The van der Waals surface area contributed by atoms with Gasteiger partial charge in [0, 0.05) is 25.7 Å². The molecular formula is C22H30N2O2. The van der Waals surface area contributed by atoms with E-state index in [-0.39, 0.29) is 18.2 Å². The first-order valence-corrected chi connectivity index (χ1v) is 9.89. The number of fused-ring (bicyclic) bond motifs is 3. The molecule has 5 rings (SSSR count). The summed E-state index contributed by atoms with van der Waals surface area (Å²) in [5.74, 6) is 2.19. The highest BCUT2D eigenvalue weighted by Gasteiger charge is 2.54.